The van der Waals surface area contributed by atoms with Crippen molar-refractivity contribution < 1.29 is 18.0 Å². The van der Waals surface area contributed by atoms with Gasteiger partial charge in [-0.25, -0.2) is 0 Å². The van der Waals surface area contributed by atoms with Gasteiger partial charge in [-0.15, -0.1) is 0 Å². The van der Waals surface area contributed by atoms with Gasteiger partial charge in [-0.2, -0.15) is 13.2 Å². The molecule has 1 rings (SSSR count). The minimum absolute atomic E-state index is 0.0914. The molecule has 0 aliphatic carbocycles. The maximum absolute atomic E-state index is 12.4. The Morgan fingerprint density at radius 2 is 2.12 bits per heavy atom. The summed E-state index contributed by atoms with van der Waals surface area (Å²) < 4.78 is 37.2. The first-order valence-corrected chi connectivity index (χ1v) is 5.08. The number of benzene rings is 1. The van der Waals surface area contributed by atoms with E-state index in [0.717, 1.165) is 12.1 Å². The number of nitrogens with two attached hydrogens (primary N) is 1. The molecule has 3 N–H and O–H groups in total. The first-order chi connectivity index (χ1) is 7.84. The van der Waals surface area contributed by atoms with Crippen LogP contribution in [-0.4, -0.2) is 11.9 Å². The van der Waals surface area contributed by atoms with Gasteiger partial charge in [-0.05, 0) is 24.6 Å². The number of carbonyl (C=O) groups is 1. The van der Waals surface area contributed by atoms with Crippen molar-refractivity contribution in [2.75, 3.05) is 5.32 Å². The fourth-order valence-electron chi connectivity index (χ4n) is 1.19. The van der Waals surface area contributed by atoms with Crippen molar-refractivity contribution in [1.29, 1.82) is 0 Å². The molecule has 0 fully saturated rings. The number of amides is 1. The quantitative estimate of drug-likeness (QED) is 0.860. The van der Waals surface area contributed by atoms with Crippen molar-refractivity contribution >= 4 is 11.6 Å². The second-order valence-corrected chi connectivity index (χ2v) is 3.58. The molecular formula is C11H13F3N2O. The molecule has 3 nitrogen and oxygen atoms in total. The molecule has 94 valence electrons. The Balaban J connectivity index is 2.83. The van der Waals surface area contributed by atoms with E-state index in [4.69, 9.17) is 5.73 Å². The Bertz CT molecular complexity index is 404. The van der Waals surface area contributed by atoms with E-state index in [0.29, 0.717) is 6.42 Å². The molecule has 0 spiro atoms. The van der Waals surface area contributed by atoms with E-state index in [1.165, 1.54) is 12.1 Å². The number of hydrogen-bond donors (Lipinski definition) is 2. The highest BCUT2D eigenvalue weighted by molar-refractivity contribution is 5.94. The third-order valence-electron chi connectivity index (χ3n) is 2.23. The average molecular weight is 246 g/mol. The topological polar surface area (TPSA) is 55.1 Å². The number of hydrogen-bond acceptors (Lipinski definition) is 2. The highest BCUT2D eigenvalue weighted by Crippen LogP contribution is 2.30. The van der Waals surface area contributed by atoms with Gasteiger partial charge in [0.15, 0.2) is 0 Å². The predicted octanol–water partition coefficient (Wildman–Crippen LogP) is 2.38. The standard InChI is InChI=1S/C11H13F3N2O/c1-2-9(15)10(17)16-8-5-3-4-7(6-8)11(12,13)14/h3-6,9H,2,15H2,1H3,(H,16,17)/t9-/m0/s1. The van der Waals surface area contributed by atoms with E-state index in [1.54, 1.807) is 6.92 Å². The number of carbonyl (C=O) groups excluding carboxylic acids is 1. The highest BCUT2D eigenvalue weighted by Gasteiger charge is 2.30. The van der Waals surface area contributed by atoms with Crippen molar-refractivity contribution in [3.05, 3.63) is 29.8 Å². The number of alkyl halides is 3. The maximum atomic E-state index is 12.4. The van der Waals surface area contributed by atoms with Crippen molar-refractivity contribution in [3.8, 4) is 0 Å². The monoisotopic (exact) mass is 246 g/mol. The first kappa shape index (κ1) is 13.5. The fourth-order valence-corrected chi connectivity index (χ4v) is 1.19. The van der Waals surface area contributed by atoms with Gasteiger partial charge in [0.05, 0.1) is 11.6 Å². The summed E-state index contributed by atoms with van der Waals surface area (Å²) in [4.78, 5) is 11.4. The minimum atomic E-state index is -4.42. The average Bonchev–Trinajstić information content (AvgIpc) is 2.27. The zero-order valence-corrected chi connectivity index (χ0v) is 9.21. The van der Waals surface area contributed by atoms with Crippen LogP contribution in [0, 0.1) is 0 Å². The predicted molar refractivity (Wildman–Crippen MR) is 58.3 cm³/mol. The molecule has 17 heavy (non-hydrogen) atoms. The number of nitrogens with one attached hydrogen (secondary N) is 1. The van der Waals surface area contributed by atoms with E-state index < -0.39 is 23.7 Å². The number of halogens is 3. The van der Waals surface area contributed by atoms with Crippen LogP contribution < -0.4 is 11.1 Å². The molecule has 0 heterocycles. The van der Waals surface area contributed by atoms with Gasteiger partial charge >= 0.3 is 6.18 Å². The molecule has 0 bridgehead atoms. The Morgan fingerprint density at radius 3 is 2.65 bits per heavy atom. The van der Waals surface area contributed by atoms with E-state index in [9.17, 15) is 18.0 Å². The summed E-state index contributed by atoms with van der Waals surface area (Å²) in [6.45, 7) is 1.72. The molecule has 1 aromatic carbocycles. The fraction of sp³-hybridized carbons (Fsp3) is 0.364. The molecule has 1 amide bonds. The molecule has 1 aromatic rings. The van der Waals surface area contributed by atoms with Crippen LogP contribution in [0.2, 0.25) is 0 Å². The van der Waals surface area contributed by atoms with Crippen molar-refractivity contribution in [2.24, 2.45) is 5.73 Å². The Labute approximate surface area is 96.8 Å². The summed E-state index contributed by atoms with van der Waals surface area (Å²) in [6, 6.07) is 3.71. The number of anilines is 1. The van der Waals surface area contributed by atoms with E-state index >= 15 is 0 Å². The Kier molecular flexibility index (Phi) is 4.11. The SMILES string of the molecule is CC[C@H](N)C(=O)Nc1cccc(C(F)(F)F)c1. The largest absolute Gasteiger partial charge is 0.416 e. The lowest BCUT2D eigenvalue weighted by atomic mass is 10.1. The smallest absolute Gasteiger partial charge is 0.325 e. The van der Waals surface area contributed by atoms with Crippen LogP contribution in [0.25, 0.3) is 0 Å². The lowest BCUT2D eigenvalue weighted by molar-refractivity contribution is -0.137. The van der Waals surface area contributed by atoms with Crippen LogP contribution in [0.4, 0.5) is 18.9 Å². The van der Waals surface area contributed by atoms with E-state index in [1.807, 2.05) is 0 Å². The summed E-state index contributed by atoms with van der Waals surface area (Å²) in [7, 11) is 0. The van der Waals surface area contributed by atoms with Crippen molar-refractivity contribution in [3.63, 3.8) is 0 Å². The Hall–Kier alpha value is -1.56. The molecule has 0 saturated carbocycles. The molecule has 0 unspecified atom stereocenters. The summed E-state index contributed by atoms with van der Waals surface area (Å²) in [5.41, 5.74) is 4.74. The second kappa shape index (κ2) is 5.18. The zero-order chi connectivity index (χ0) is 13.1. The molecule has 0 aromatic heterocycles. The normalized spacial score (nSPS) is 13.2. The Morgan fingerprint density at radius 1 is 1.47 bits per heavy atom. The van der Waals surface area contributed by atoms with Gasteiger partial charge in [0.1, 0.15) is 0 Å². The molecule has 6 heteroatoms. The van der Waals surface area contributed by atoms with Gasteiger partial charge in [0.2, 0.25) is 5.91 Å². The van der Waals surface area contributed by atoms with Gasteiger partial charge in [-0.1, -0.05) is 13.0 Å². The van der Waals surface area contributed by atoms with Crippen LogP contribution in [0.15, 0.2) is 24.3 Å². The second-order valence-electron chi connectivity index (χ2n) is 3.58. The molecular weight excluding hydrogens is 233 g/mol. The highest BCUT2D eigenvalue weighted by atomic mass is 19.4. The summed E-state index contributed by atoms with van der Waals surface area (Å²) in [6.07, 6.45) is -4.00. The molecule has 0 saturated heterocycles. The van der Waals surface area contributed by atoms with Crippen LogP contribution in [-0.2, 0) is 11.0 Å². The lowest BCUT2D eigenvalue weighted by Gasteiger charge is -2.12. The third kappa shape index (κ3) is 3.74. The van der Waals surface area contributed by atoms with Gasteiger partial charge in [0.25, 0.3) is 0 Å². The molecule has 0 radical (unpaired) electrons. The first-order valence-electron chi connectivity index (χ1n) is 5.08. The minimum Gasteiger partial charge on any atom is -0.325 e. The van der Waals surface area contributed by atoms with Gasteiger partial charge < -0.3 is 11.1 Å². The van der Waals surface area contributed by atoms with Crippen LogP contribution in [0.5, 0.6) is 0 Å². The summed E-state index contributed by atoms with van der Waals surface area (Å²) in [5.74, 6) is -0.494. The van der Waals surface area contributed by atoms with Crippen molar-refractivity contribution in [1.82, 2.24) is 0 Å². The molecule has 0 aliphatic rings. The van der Waals surface area contributed by atoms with Crippen LogP contribution in [0.1, 0.15) is 18.9 Å². The number of rotatable bonds is 3. The van der Waals surface area contributed by atoms with E-state index in [2.05, 4.69) is 5.32 Å². The van der Waals surface area contributed by atoms with Gasteiger partial charge in [0, 0.05) is 5.69 Å². The van der Waals surface area contributed by atoms with Gasteiger partial charge in [-0.3, -0.25) is 4.79 Å². The summed E-state index contributed by atoms with van der Waals surface area (Å²) >= 11 is 0. The van der Waals surface area contributed by atoms with Crippen molar-refractivity contribution in [2.45, 2.75) is 25.6 Å². The third-order valence-corrected chi connectivity index (χ3v) is 2.23. The zero-order valence-electron chi connectivity index (χ0n) is 9.21. The van der Waals surface area contributed by atoms with Crippen LogP contribution in [0.3, 0.4) is 0 Å². The summed E-state index contributed by atoms with van der Waals surface area (Å²) in [5, 5.41) is 2.34. The van der Waals surface area contributed by atoms with E-state index in [-0.39, 0.29) is 5.69 Å². The van der Waals surface area contributed by atoms with Crippen LogP contribution >= 0.6 is 0 Å². The lowest BCUT2D eigenvalue weighted by Crippen LogP contribution is -2.34. The maximum Gasteiger partial charge on any atom is 0.416 e. The molecule has 0 aliphatic heterocycles. The molecule has 1 atom stereocenters.